The van der Waals surface area contributed by atoms with Crippen LogP contribution in [0.4, 0.5) is 4.79 Å². The van der Waals surface area contributed by atoms with Crippen LogP contribution in [0.25, 0.3) is 0 Å². The highest BCUT2D eigenvalue weighted by Gasteiger charge is 2.09. The highest BCUT2D eigenvalue weighted by atomic mass is 35.5. The molecule has 0 fully saturated rings. The largest absolute Gasteiger partial charge is 0.317 e. The van der Waals surface area contributed by atoms with E-state index in [1.54, 1.807) is 10.8 Å². The molecule has 0 saturated carbocycles. The Hall–Kier alpha value is -0.560. The molecule has 1 amide bonds. The van der Waals surface area contributed by atoms with Gasteiger partial charge in [-0.05, 0) is 35.1 Å². The number of nitrogens with zero attached hydrogens (tertiary/aromatic N) is 3. The van der Waals surface area contributed by atoms with E-state index in [2.05, 4.69) is 0 Å². The molecule has 64 valence electrons. The van der Waals surface area contributed by atoms with E-state index in [0.29, 0.717) is 0 Å². The van der Waals surface area contributed by atoms with E-state index >= 15 is 0 Å². The molecule has 0 N–H and O–H groups in total. The molecule has 0 heterocycles. The molecule has 0 aromatic heterocycles. The van der Waals surface area contributed by atoms with Gasteiger partial charge in [0.2, 0.25) is 0 Å². The normalized spacial score (nSPS) is 8.25. The van der Waals surface area contributed by atoms with Gasteiger partial charge in [-0.2, -0.15) is 10.5 Å². The molecule has 7 heteroatoms. The molecule has 0 bridgehead atoms. The maximum Gasteiger partial charge on any atom is 0.317 e. The van der Waals surface area contributed by atoms with E-state index in [0.717, 1.165) is 23.5 Å². The average molecular weight is 222 g/mol. The lowest BCUT2D eigenvalue weighted by atomic mass is 10.9. The summed E-state index contributed by atoms with van der Waals surface area (Å²) < 4.78 is 0. The van der Waals surface area contributed by atoms with Crippen LogP contribution in [0.15, 0.2) is 0 Å². The third-order valence-corrected chi connectivity index (χ3v) is 2.20. The van der Waals surface area contributed by atoms with Gasteiger partial charge in [0.05, 0.1) is 11.8 Å². The van der Waals surface area contributed by atoms with Crippen LogP contribution in [0.2, 0.25) is 0 Å². The fraction of sp³-hybridized carbons (Fsp3) is 0.400. The van der Waals surface area contributed by atoms with Gasteiger partial charge < -0.3 is 4.90 Å². The van der Waals surface area contributed by atoms with Crippen molar-refractivity contribution >= 4 is 40.5 Å². The molecular weight excluding hydrogens is 218 g/mol. The Bertz CT molecular complexity index is 216. The number of carbonyl (C=O) groups is 1. The standard InChI is InChI=1S/C5H4ClN3OS2/c6-5(10)9(3-11-1-7)4-12-2-8/h3-4H2. The van der Waals surface area contributed by atoms with Crippen LogP contribution < -0.4 is 0 Å². The van der Waals surface area contributed by atoms with Crippen molar-refractivity contribution < 1.29 is 4.79 Å². The number of carbonyl (C=O) groups excluding carboxylic acids is 1. The molecular formula is C5H4ClN3OS2. The topological polar surface area (TPSA) is 67.9 Å². The fourth-order valence-electron chi connectivity index (χ4n) is 0.352. The number of rotatable bonds is 4. The van der Waals surface area contributed by atoms with Crippen molar-refractivity contribution in [3.63, 3.8) is 0 Å². The summed E-state index contributed by atoms with van der Waals surface area (Å²) in [5.41, 5.74) is 0. The van der Waals surface area contributed by atoms with E-state index in [-0.39, 0.29) is 11.8 Å². The molecule has 0 rings (SSSR count). The summed E-state index contributed by atoms with van der Waals surface area (Å²) in [6.45, 7) is 0. The minimum Gasteiger partial charge on any atom is -0.309 e. The Kier molecular flexibility index (Phi) is 6.78. The van der Waals surface area contributed by atoms with E-state index in [9.17, 15) is 4.79 Å². The Morgan fingerprint density at radius 1 is 1.33 bits per heavy atom. The second-order valence-electron chi connectivity index (χ2n) is 1.52. The fourth-order valence-corrected chi connectivity index (χ4v) is 1.57. The van der Waals surface area contributed by atoms with Crippen molar-refractivity contribution in [2.45, 2.75) is 0 Å². The van der Waals surface area contributed by atoms with Crippen LogP contribution in [-0.4, -0.2) is 22.0 Å². The number of thiocyanates is 2. The van der Waals surface area contributed by atoms with E-state index in [4.69, 9.17) is 22.1 Å². The number of amides is 1. The van der Waals surface area contributed by atoms with Crippen molar-refractivity contribution in [1.29, 1.82) is 10.5 Å². The van der Waals surface area contributed by atoms with Gasteiger partial charge in [0.1, 0.15) is 10.8 Å². The van der Waals surface area contributed by atoms with Crippen LogP contribution >= 0.6 is 35.1 Å². The summed E-state index contributed by atoms with van der Waals surface area (Å²) in [6, 6.07) is 0. The first kappa shape index (κ1) is 11.4. The first-order chi connectivity index (χ1) is 5.72. The molecule has 0 saturated heterocycles. The lowest BCUT2D eigenvalue weighted by Crippen LogP contribution is -2.24. The number of hydrogen-bond donors (Lipinski definition) is 0. The van der Waals surface area contributed by atoms with E-state index in [1.807, 2.05) is 0 Å². The molecule has 0 aliphatic carbocycles. The number of nitriles is 2. The first-order valence-electron chi connectivity index (χ1n) is 2.68. The van der Waals surface area contributed by atoms with Crippen LogP contribution in [0.5, 0.6) is 0 Å². The SMILES string of the molecule is N#CSCN(CSC#N)C(=O)Cl. The second kappa shape index (κ2) is 7.11. The van der Waals surface area contributed by atoms with Gasteiger partial charge in [0, 0.05) is 0 Å². The Balaban J connectivity index is 3.82. The molecule has 0 unspecified atom stereocenters. The lowest BCUT2D eigenvalue weighted by Gasteiger charge is -2.13. The van der Waals surface area contributed by atoms with Gasteiger partial charge in [-0.25, -0.2) is 0 Å². The zero-order chi connectivity index (χ0) is 9.40. The Morgan fingerprint density at radius 3 is 2.00 bits per heavy atom. The third-order valence-electron chi connectivity index (χ3n) is 0.818. The first-order valence-corrected chi connectivity index (χ1v) is 5.03. The van der Waals surface area contributed by atoms with Crippen LogP contribution in [0.1, 0.15) is 0 Å². The molecule has 4 nitrogen and oxygen atoms in total. The Morgan fingerprint density at radius 2 is 1.75 bits per heavy atom. The molecule has 0 aliphatic rings. The second-order valence-corrected chi connectivity index (χ2v) is 3.30. The molecule has 0 atom stereocenters. The third kappa shape index (κ3) is 5.14. The predicted octanol–water partition coefficient (Wildman–Crippen LogP) is 1.99. The van der Waals surface area contributed by atoms with Crippen molar-refractivity contribution in [3.8, 4) is 10.8 Å². The molecule has 0 radical (unpaired) electrons. The highest BCUT2D eigenvalue weighted by molar-refractivity contribution is 8.04. The maximum atomic E-state index is 10.6. The van der Waals surface area contributed by atoms with E-state index in [1.165, 1.54) is 4.90 Å². The van der Waals surface area contributed by atoms with Gasteiger partial charge >= 0.3 is 5.37 Å². The lowest BCUT2D eigenvalue weighted by molar-refractivity contribution is 0.237. The van der Waals surface area contributed by atoms with Gasteiger partial charge in [-0.15, -0.1) is 0 Å². The average Bonchev–Trinajstić information content (AvgIpc) is 2.04. The van der Waals surface area contributed by atoms with Gasteiger partial charge in [-0.1, -0.05) is 0 Å². The number of thioether (sulfide) groups is 2. The Labute approximate surface area is 83.5 Å². The number of hydrogen-bond acceptors (Lipinski definition) is 5. The number of halogens is 1. The summed E-state index contributed by atoms with van der Waals surface area (Å²) in [4.78, 5) is 11.8. The minimum absolute atomic E-state index is 0.188. The highest BCUT2D eigenvalue weighted by Crippen LogP contribution is 2.09. The zero-order valence-electron chi connectivity index (χ0n) is 5.86. The molecule has 12 heavy (non-hydrogen) atoms. The smallest absolute Gasteiger partial charge is 0.309 e. The maximum absolute atomic E-state index is 10.6. The zero-order valence-corrected chi connectivity index (χ0v) is 8.25. The molecule has 0 aromatic rings. The summed E-state index contributed by atoms with van der Waals surface area (Å²) in [5.74, 6) is 0.376. The van der Waals surface area contributed by atoms with Crippen LogP contribution in [-0.2, 0) is 0 Å². The monoisotopic (exact) mass is 221 g/mol. The quantitative estimate of drug-likeness (QED) is 0.314. The summed E-state index contributed by atoms with van der Waals surface area (Å²) in [7, 11) is 0. The molecule has 0 aliphatic heterocycles. The predicted molar refractivity (Wildman–Crippen MR) is 49.2 cm³/mol. The summed E-state index contributed by atoms with van der Waals surface area (Å²) in [6.07, 6.45) is 0. The van der Waals surface area contributed by atoms with Crippen molar-refractivity contribution in [3.05, 3.63) is 0 Å². The van der Waals surface area contributed by atoms with Gasteiger partial charge in [0.15, 0.2) is 0 Å². The molecule has 0 spiro atoms. The van der Waals surface area contributed by atoms with Crippen molar-refractivity contribution in [1.82, 2.24) is 4.90 Å². The van der Waals surface area contributed by atoms with E-state index < -0.39 is 5.37 Å². The summed E-state index contributed by atoms with van der Waals surface area (Å²) in [5, 5.41) is 19.3. The van der Waals surface area contributed by atoms with Crippen LogP contribution in [0.3, 0.4) is 0 Å². The van der Waals surface area contributed by atoms with Crippen molar-refractivity contribution in [2.24, 2.45) is 0 Å². The van der Waals surface area contributed by atoms with Crippen molar-refractivity contribution in [2.75, 3.05) is 11.8 Å². The van der Waals surface area contributed by atoms with Gasteiger partial charge in [0.25, 0.3) is 0 Å². The minimum atomic E-state index is -0.652. The summed E-state index contributed by atoms with van der Waals surface area (Å²) >= 11 is 6.95. The molecule has 0 aromatic carbocycles. The van der Waals surface area contributed by atoms with Gasteiger partial charge in [-0.3, -0.25) is 4.79 Å². The van der Waals surface area contributed by atoms with Crippen LogP contribution in [0, 0.1) is 21.3 Å².